The topological polar surface area (TPSA) is 105 Å². The molecule has 8 heteroatoms. The first-order chi connectivity index (χ1) is 17.6. The van der Waals surface area contributed by atoms with Gasteiger partial charge in [-0.25, -0.2) is 4.79 Å². The van der Waals surface area contributed by atoms with Gasteiger partial charge in [-0.05, 0) is 61.9 Å². The fraction of sp³-hybridized carbons (Fsp3) is 0.214. The van der Waals surface area contributed by atoms with Crippen LogP contribution in [0, 0.1) is 11.3 Å². The van der Waals surface area contributed by atoms with Crippen molar-refractivity contribution < 1.29 is 18.8 Å². The number of aryl methyl sites for hydroxylation is 1. The molecule has 1 N–H and O–H groups in total. The number of nitrogens with zero attached hydrogens (tertiary/aromatic N) is 2. The van der Waals surface area contributed by atoms with Crippen LogP contribution in [0.25, 0.3) is 28.3 Å². The minimum absolute atomic E-state index is 0.0757. The number of esters is 1. The van der Waals surface area contributed by atoms with Gasteiger partial charge < -0.3 is 14.6 Å². The standard InChI is InChI=1S/C28H23N3O4S/c1-2-34-28(33)24-20-10-6-7-11-23(20)36-27(24)30-26(32)19(16-29)14-17-12-13-22-21(15-17)25(35-31-22)18-8-4-3-5-9-18/h3-5,8-9,12-15H,2,6-7,10-11H2,1H3,(H,30,32). The van der Waals surface area contributed by atoms with Crippen LogP contribution < -0.4 is 5.32 Å². The maximum absolute atomic E-state index is 13.1. The van der Waals surface area contributed by atoms with Gasteiger partial charge in [-0.1, -0.05) is 41.6 Å². The number of anilines is 1. The smallest absolute Gasteiger partial charge is 0.341 e. The van der Waals surface area contributed by atoms with E-state index in [2.05, 4.69) is 10.5 Å². The van der Waals surface area contributed by atoms with Crippen LogP contribution in [0.5, 0.6) is 0 Å². The van der Waals surface area contributed by atoms with Crippen molar-refractivity contribution in [3.05, 3.63) is 75.7 Å². The van der Waals surface area contributed by atoms with Gasteiger partial charge >= 0.3 is 5.97 Å². The van der Waals surface area contributed by atoms with Gasteiger partial charge in [0.2, 0.25) is 0 Å². The Kier molecular flexibility index (Phi) is 6.65. The molecule has 1 amide bonds. The van der Waals surface area contributed by atoms with Crippen LogP contribution in [0.2, 0.25) is 0 Å². The Morgan fingerprint density at radius 1 is 1.19 bits per heavy atom. The Balaban J connectivity index is 1.46. The van der Waals surface area contributed by atoms with Crippen molar-refractivity contribution >= 4 is 45.2 Å². The van der Waals surface area contributed by atoms with Crippen molar-refractivity contribution in [2.45, 2.75) is 32.6 Å². The van der Waals surface area contributed by atoms with E-state index in [1.165, 1.54) is 17.4 Å². The van der Waals surface area contributed by atoms with Gasteiger partial charge in [0, 0.05) is 10.4 Å². The minimum atomic E-state index is -0.574. The van der Waals surface area contributed by atoms with Crippen molar-refractivity contribution in [3.63, 3.8) is 0 Å². The molecule has 2 aromatic heterocycles. The molecule has 0 saturated carbocycles. The minimum Gasteiger partial charge on any atom is -0.462 e. The molecule has 180 valence electrons. The lowest BCUT2D eigenvalue weighted by Gasteiger charge is -2.12. The maximum Gasteiger partial charge on any atom is 0.341 e. The summed E-state index contributed by atoms with van der Waals surface area (Å²) in [7, 11) is 0. The van der Waals surface area contributed by atoms with Crippen LogP contribution in [-0.2, 0) is 22.4 Å². The number of thiophene rings is 1. The normalized spacial score (nSPS) is 13.2. The largest absolute Gasteiger partial charge is 0.462 e. The number of carbonyl (C=O) groups excluding carboxylic acids is 2. The van der Waals surface area contributed by atoms with Gasteiger partial charge in [0.1, 0.15) is 22.2 Å². The highest BCUT2D eigenvalue weighted by atomic mass is 32.1. The van der Waals surface area contributed by atoms with Crippen LogP contribution in [0.3, 0.4) is 0 Å². The summed E-state index contributed by atoms with van der Waals surface area (Å²) in [4.78, 5) is 26.9. The number of benzene rings is 2. The SMILES string of the molecule is CCOC(=O)c1c(NC(=O)C(C#N)=Cc2ccc3noc(-c4ccccc4)c3c2)sc2c1CCCC2. The summed E-state index contributed by atoms with van der Waals surface area (Å²) in [6.07, 6.45) is 5.20. The average Bonchev–Trinajstić information content (AvgIpc) is 3.48. The molecule has 1 aliphatic carbocycles. The van der Waals surface area contributed by atoms with Gasteiger partial charge in [0.25, 0.3) is 5.91 Å². The molecule has 0 radical (unpaired) electrons. The summed E-state index contributed by atoms with van der Waals surface area (Å²) in [6.45, 7) is 2.00. The highest BCUT2D eigenvalue weighted by Crippen LogP contribution is 2.39. The number of hydrogen-bond acceptors (Lipinski definition) is 7. The Morgan fingerprint density at radius 2 is 2.00 bits per heavy atom. The second kappa shape index (κ2) is 10.2. The second-order valence-corrected chi connectivity index (χ2v) is 9.52. The van der Waals surface area contributed by atoms with E-state index in [-0.39, 0.29) is 12.2 Å². The summed E-state index contributed by atoms with van der Waals surface area (Å²) < 4.78 is 10.8. The number of nitrogens with one attached hydrogen (secondary N) is 1. The lowest BCUT2D eigenvalue weighted by atomic mass is 9.95. The molecule has 0 saturated heterocycles. The molecule has 0 bridgehead atoms. The first-order valence-electron chi connectivity index (χ1n) is 11.8. The number of hydrogen-bond donors (Lipinski definition) is 1. The number of carbonyl (C=O) groups is 2. The Morgan fingerprint density at radius 3 is 2.78 bits per heavy atom. The fourth-order valence-electron chi connectivity index (χ4n) is 4.41. The summed E-state index contributed by atoms with van der Waals surface area (Å²) in [5.74, 6) is -0.400. The molecular weight excluding hydrogens is 474 g/mol. The molecule has 0 spiro atoms. The lowest BCUT2D eigenvalue weighted by molar-refractivity contribution is -0.112. The molecular formula is C28H23N3O4S. The van der Waals surface area contributed by atoms with E-state index in [9.17, 15) is 14.9 Å². The molecule has 2 heterocycles. The molecule has 1 aliphatic rings. The van der Waals surface area contributed by atoms with E-state index in [0.717, 1.165) is 47.1 Å². The zero-order valence-electron chi connectivity index (χ0n) is 19.7. The number of fused-ring (bicyclic) bond motifs is 2. The van der Waals surface area contributed by atoms with Crippen molar-refractivity contribution in [2.24, 2.45) is 0 Å². The molecule has 0 fully saturated rings. The molecule has 4 aromatic rings. The molecule has 0 aliphatic heterocycles. The van der Waals surface area contributed by atoms with Gasteiger partial charge in [0.15, 0.2) is 5.76 Å². The Hall–Kier alpha value is -4.22. The molecule has 0 unspecified atom stereocenters. The van der Waals surface area contributed by atoms with Crippen LogP contribution in [0.4, 0.5) is 5.00 Å². The first kappa shape index (κ1) is 23.5. The predicted octanol–water partition coefficient (Wildman–Crippen LogP) is 6.16. The number of rotatable bonds is 6. The third-order valence-corrected chi connectivity index (χ3v) is 7.30. The van der Waals surface area contributed by atoms with Gasteiger partial charge in [0.05, 0.1) is 17.6 Å². The van der Waals surface area contributed by atoms with Crippen molar-refractivity contribution in [1.82, 2.24) is 5.16 Å². The average molecular weight is 498 g/mol. The van der Waals surface area contributed by atoms with E-state index < -0.39 is 11.9 Å². The van der Waals surface area contributed by atoms with Crippen molar-refractivity contribution in [1.29, 1.82) is 5.26 Å². The van der Waals surface area contributed by atoms with Gasteiger partial charge in [-0.2, -0.15) is 5.26 Å². The third kappa shape index (κ3) is 4.53. The molecule has 7 nitrogen and oxygen atoms in total. The summed E-state index contributed by atoms with van der Waals surface area (Å²) in [5.41, 5.74) is 3.51. The van der Waals surface area contributed by atoms with Crippen LogP contribution >= 0.6 is 11.3 Å². The second-order valence-electron chi connectivity index (χ2n) is 8.41. The fourth-order valence-corrected chi connectivity index (χ4v) is 5.68. The summed E-state index contributed by atoms with van der Waals surface area (Å²) in [5, 5.41) is 17.9. The van der Waals surface area contributed by atoms with Crippen LogP contribution in [0.15, 0.2) is 58.6 Å². The van der Waals surface area contributed by atoms with E-state index in [1.807, 2.05) is 42.5 Å². The van der Waals surface area contributed by atoms with Crippen molar-refractivity contribution in [2.75, 3.05) is 11.9 Å². The number of aromatic nitrogens is 1. The van der Waals surface area contributed by atoms with Crippen molar-refractivity contribution in [3.8, 4) is 17.4 Å². The first-order valence-corrected chi connectivity index (χ1v) is 12.6. The van der Waals surface area contributed by atoms with Gasteiger partial charge in [-0.3, -0.25) is 4.79 Å². The maximum atomic E-state index is 13.1. The Bertz CT molecular complexity index is 1530. The van der Waals surface area contributed by atoms with Crippen LogP contribution in [0.1, 0.15) is 46.1 Å². The van der Waals surface area contributed by atoms with Crippen LogP contribution in [-0.4, -0.2) is 23.6 Å². The zero-order chi connectivity index (χ0) is 25.1. The van der Waals surface area contributed by atoms with E-state index >= 15 is 0 Å². The number of nitriles is 1. The number of amides is 1. The molecule has 2 aromatic carbocycles. The summed E-state index contributed by atoms with van der Waals surface area (Å²) >= 11 is 1.39. The Labute approximate surface area is 212 Å². The van der Waals surface area contributed by atoms with E-state index in [0.29, 0.717) is 27.4 Å². The third-order valence-electron chi connectivity index (χ3n) is 6.09. The predicted molar refractivity (Wildman–Crippen MR) is 139 cm³/mol. The summed E-state index contributed by atoms with van der Waals surface area (Å²) in [6, 6.07) is 17.0. The lowest BCUT2D eigenvalue weighted by Crippen LogP contribution is -2.16. The quantitative estimate of drug-likeness (QED) is 0.194. The number of ether oxygens (including phenoxy) is 1. The molecule has 36 heavy (non-hydrogen) atoms. The zero-order valence-corrected chi connectivity index (χ0v) is 20.5. The highest BCUT2D eigenvalue weighted by molar-refractivity contribution is 7.17. The molecule has 5 rings (SSSR count). The molecule has 0 atom stereocenters. The van der Waals surface area contributed by atoms with Gasteiger partial charge in [-0.15, -0.1) is 11.3 Å². The highest BCUT2D eigenvalue weighted by Gasteiger charge is 2.27. The monoisotopic (exact) mass is 497 g/mol. The van der Waals surface area contributed by atoms with E-state index in [1.54, 1.807) is 19.1 Å². The van der Waals surface area contributed by atoms with E-state index in [4.69, 9.17) is 9.26 Å².